The highest BCUT2D eigenvalue weighted by molar-refractivity contribution is 5.26. The summed E-state index contributed by atoms with van der Waals surface area (Å²) in [4.78, 5) is 0. The maximum absolute atomic E-state index is 7.32. The van der Waals surface area contributed by atoms with Gasteiger partial charge in [-0.1, -0.05) is 44.4 Å². The van der Waals surface area contributed by atoms with Crippen LogP contribution in [0.25, 0.3) is 0 Å². The van der Waals surface area contributed by atoms with Gasteiger partial charge in [0.25, 0.3) is 0 Å². The second kappa shape index (κ2) is 15.1. The van der Waals surface area contributed by atoms with Crippen molar-refractivity contribution < 1.29 is 4.74 Å². The molecular formula is C21H36N4O. The van der Waals surface area contributed by atoms with E-state index in [9.17, 15) is 0 Å². The van der Waals surface area contributed by atoms with Gasteiger partial charge in [-0.25, -0.2) is 5.84 Å². The molecule has 5 nitrogen and oxygen atoms in total. The smallest absolute Gasteiger partial charge is 0.119 e. The first-order valence-corrected chi connectivity index (χ1v) is 9.36. The minimum atomic E-state index is 0.652. The fourth-order valence-corrected chi connectivity index (χ4v) is 2.30. The van der Waals surface area contributed by atoms with E-state index in [0.717, 1.165) is 43.2 Å². The van der Waals surface area contributed by atoms with Gasteiger partial charge in [0.05, 0.1) is 12.7 Å². The number of nitriles is 1. The molecule has 0 bridgehead atoms. The van der Waals surface area contributed by atoms with Gasteiger partial charge >= 0.3 is 0 Å². The first-order chi connectivity index (χ1) is 12.4. The highest BCUT2D eigenvalue weighted by atomic mass is 16.5. The lowest BCUT2D eigenvalue weighted by molar-refractivity contribution is 0.278. The molecule has 0 spiro atoms. The Morgan fingerprint density at radius 1 is 1.23 bits per heavy atom. The molecule has 0 unspecified atom stereocenters. The number of unbranched alkanes of at least 4 members (excludes halogenated alkanes) is 1. The van der Waals surface area contributed by atoms with Crippen LogP contribution in [0, 0.1) is 24.2 Å². The van der Waals surface area contributed by atoms with Crippen molar-refractivity contribution in [2.75, 3.05) is 13.2 Å². The van der Waals surface area contributed by atoms with Crippen molar-refractivity contribution in [2.45, 2.75) is 59.8 Å². The average Bonchev–Trinajstić information content (AvgIpc) is 2.58. The lowest BCUT2D eigenvalue weighted by Crippen LogP contribution is -2.28. The number of ether oxygens (including phenoxy) is 1. The van der Waals surface area contributed by atoms with E-state index in [1.54, 1.807) is 11.1 Å². The van der Waals surface area contributed by atoms with E-state index in [-0.39, 0.29) is 0 Å². The van der Waals surface area contributed by atoms with Crippen LogP contribution in [0.3, 0.4) is 0 Å². The van der Waals surface area contributed by atoms with Crippen LogP contribution in [-0.2, 0) is 0 Å². The van der Waals surface area contributed by atoms with Crippen LogP contribution in [0.2, 0.25) is 0 Å². The molecule has 1 aromatic rings. The van der Waals surface area contributed by atoms with Crippen LogP contribution in [0.1, 0.15) is 58.4 Å². The van der Waals surface area contributed by atoms with Crippen molar-refractivity contribution in [2.24, 2.45) is 17.5 Å². The molecule has 0 aliphatic rings. The predicted molar refractivity (Wildman–Crippen MR) is 109 cm³/mol. The number of hydrazine groups is 1. The summed E-state index contributed by atoms with van der Waals surface area (Å²) in [6, 6.07) is 9.83. The molecule has 0 aromatic heterocycles. The summed E-state index contributed by atoms with van der Waals surface area (Å²) in [6.45, 7) is 9.38. The highest BCUT2D eigenvalue weighted by Crippen LogP contribution is 2.12. The molecule has 1 aromatic carbocycles. The zero-order valence-corrected chi connectivity index (χ0v) is 16.9. The van der Waals surface area contributed by atoms with Crippen LogP contribution < -0.4 is 16.3 Å². The number of rotatable bonds is 11. The van der Waals surface area contributed by atoms with E-state index in [2.05, 4.69) is 20.8 Å². The van der Waals surface area contributed by atoms with Crippen molar-refractivity contribution in [3.05, 3.63) is 41.7 Å². The Morgan fingerprint density at radius 3 is 2.42 bits per heavy atom. The van der Waals surface area contributed by atoms with Gasteiger partial charge in [0, 0.05) is 31.8 Å². The van der Waals surface area contributed by atoms with Gasteiger partial charge in [0.1, 0.15) is 5.75 Å². The summed E-state index contributed by atoms with van der Waals surface area (Å²) in [5, 5.41) is 8.98. The van der Waals surface area contributed by atoms with Gasteiger partial charge in [0.15, 0.2) is 0 Å². The number of nitrogens with zero attached hydrogens (tertiary/aromatic N) is 2. The van der Waals surface area contributed by atoms with Crippen molar-refractivity contribution in [3.63, 3.8) is 0 Å². The Kier molecular flexibility index (Phi) is 13.8. The summed E-state index contributed by atoms with van der Waals surface area (Å²) in [6.07, 6.45) is 7.24. The number of benzene rings is 1. The SMILES string of the molecule is CC#N.Cc1ccc(OCCCN(N)/C=C(\N)CCCCC(C)C)cc1. The Bertz CT molecular complexity index is 532. The quantitative estimate of drug-likeness (QED) is 0.345. The third-order valence-electron chi connectivity index (χ3n) is 3.68. The summed E-state index contributed by atoms with van der Waals surface area (Å²) < 4.78 is 5.68. The van der Waals surface area contributed by atoms with Crippen LogP contribution in [0.5, 0.6) is 5.75 Å². The van der Waals surface area contributed by atoms with Crippen molar-refractivity contribution in [3.8, 4) is 11.8 Å². The third-order valence-corrected chi connectivity index (χ3v) is 3.68. The molecule has 0 radical (unpaired) electrons. The molecule has 1 rings (SSSR count). The topological polar surface area (TPSA) is 88.3 Å². The molecule has 0 heterocycles. The fourth-order valence-electron chi connectivity index (χ4n) is 2.30. The first kappa shape index (κ1) is 23.8. The molecule has 0 amide bonds. The fraction of sp³-hybridized carbons (Fsp3) is 0.571. The normalized spacial score (nSPS) is 10.7. The monoisotopic (exact) mass is 360 g/mol. The second-order valence-corrected chi connectivity index (χ2v) is 6.82. The molecule has 0 saturated carbocycles. The molecular weight excluding hydrogens is 324 g/mol. The van der Waals surface area contributed by atoms with Gasteiger partial charge in [0.2, 0.25) is 0 Å². The molecule has 26 heavy (non-hydrogen) atoms. The van der Waals surface area contributed by atoms with Gasteiger partial charge < -0.3 is 15.5 Å². The van der Waals surface area contributed by atoms with E-state index in [1.165, 1.54) is 25.3 Å². The Morgan fingerprint density at radius 2 is 1.85 bits per heavy atom. The minimum Gasteiger partial charge on any atom is -0.494 e. The zero-order chi connectivity index (χ0) is 19.8. The number of hydrogen-bond donors (Lipinski definition) is 2. The van der Waals surface area contributed by atoms with Gasteiger partial charge in [-0.3, -0.25) is 0 Å². The van der Waals surface area contributed by atoms with Crippen molar-refractivity contribution in [1.82, 2.24) is 5.01 Å². The van der Waals surface area contributed by atoms with Crippen LogP contribution in [-0.4, -0.2) is 18.2 Å². The summed E-state index contributed by atoms with van der Waals surface area (Å²) in [5.74, 6) is 7.61. The Labute approximate surface area is 159 Å². The van der Waals surface area contributed by atoms with E-state index in [1.807, 2.05) is 30.5 Å². The van der Waals surface area contributed by atoms with Crippen molar-refractivity contribution in [1.29, 1.82) is 5.26 Å². The first-order valence-electron chi connectivity index (χ1n) is 9.36. The standard InChI is InChI=1S/C19H33N3O.C2H3N/c1-16(2)7-4-5-8-18(20)15-22(21)13-6-14-23-19-11-9-17(3)10-12-19;1-2-3/h9-12,15-16H,4-8,13-14,20-21H2,1-3H3;1H3/b18-15-;. The second-order valence-electron chi connectivity index (χ2n) is 6.82. The van der Waals surface area contributed by atoms with E-state index < -0.39 is 0 Å². The third kappa shape index (κ3) is 14.2. The highest BCUT2D eigenvalue weighted by Gasteiger charge is 1.99. The van der Waals surface area contributed by atoms with Crippen molar-refractivity contribution >= 4 is 0 Å². The van der Waals surface area contributed by atoms with Crippen LogP contribution >= 0.6 is 0 Å². The molecule has 5 heteroatoms. The number of allylic oxidation sites excluding steroid dienone is 1. The predicted octanol–water partition coefficient (Wildman–Crippen LogP) is 4.49. The lowest BCUT2D eigenvalue weighted by atomic mass is 10.0. The Balaban J connectivity index is 0.00000194. The number of hydrogen-bond acceptors (Lipinski definition) is 5. The molecule has 0 atom stereocenters. The molecule has 0 saturated heterocycles. The molecule has 0 aliphatic heterocycles. The average molecular weight is 361 g/mol. The maximum Gasteiger partial charge on any atom is 0.119 e. The van der Waals surface area contributed by atoms with Crippen LogP contribution in [0.4, 0.5) is 0 Å². The largest absolute Gasteiger partial charge is 0.494 e. The maximum atomic E-state index is 7.32. The van der Waals surface area contributed by atoms with Gasteiger partial charge in [-0.15, -0.1) is 0 Å². The number of nitrogens with two attached hydrogens (primary N) is 2. The number of aryl methyl sites for hydroxylation is 1. The molecule has 146 valence electrons. The minimum absolute atomic E-state index is 0.652. The van der Waals surface area contributed by atoms with Gasteiger partial charge in [-0.2, -0.15) is 5.26 Å². The summed E-state index contributed by atoms with van der Waals surface area (Å²) in [7, 11) is 0. The zero-order valence-electron chi connectivity index (χ0n) is 16.9. The van der Waals surface area contributed by atoms with Crippen LogP contribution in [0.15, 0.2) is 36.2 Å². The molecule has 0 fully saturated rings. The Hall–Kier alpha value is -2.19. The van der Waals surface area contributed by atoms with E-state index >= 15 is 0 Å². The lowest BCUT2D eigenvalue weighted by Gasteiger charge is -2.15. The van der Waals surface area contributed by atoms with Gasteiger partial charge in [-0.05, 0) is 37.8 Å². The summed E-state index contributed by atoms with van der Waals surface area (Å²) >= 11 is 0. The molecule has 0 aliphatic carbocycles. The summed E-state index contributed by atoms with van der Waals surface area (Å²) in [5.41, 5.74) is 8.10. The van der Waals surface area contributed by atoms with E-state index in [0.29, 0.717) is 6.61 Å². The van der Waals surface area contributed by atoms with E-state index in [4.69, 9.17) is 21.6 Å². The molecule has 4 N–H and O–H groups in total.